The van der Waals surface area contributed by atoms with Crippen molar-refractivity contribution < 1.29 is 18.1 Å². The lowest BCUT2D eigenvalue weighted by Gasteiger charge is -2.32. The van der Waals surface area contributed by atoms with Crippen molar-refractivity contribution in [1.82, 2.24) is 4.31 Å². The number of nitrogens with one attached hydrogen (secondary N) is 1. The number of anilines is 1. The first-order chi connectivity index (χ1) is 13.9. The van der Waals surface area contributed by atoms with Crippen molar-refractivity contribution in [2.75, 3.05) is 37.6 Å². The predicted octanol–water partition coefficient (Wildman–Crippen LogP) is 1.45. The summed E-state index contributed by atoms with van der Waals surface area (Å²) in [6.07, 6.45) is 0.672. The number of benzene rings is 2. The zero-order valence-electron chi connectivity index (χ0n) is 16.4. The summed E-state index contributed by atoms with van der Waals surface area (Å²) in [5, 5.41) is 0. The van der Waals surface area contributed by atoms with E-state index in [1.165, 1.54) is 17.4 Å². The molecular weight excluding hydrogens is 454 g/mol. The SMILES string of the molecule is CC(=O)N1CCc2cc(Br)cc(S(=O)(=O)N3CC[NH+](Cc4ccccc4)CC3)c21. The molecule has 2 aromatic rings. The zero-order valence-corrected chi connectivity index (χ0v) is 18.8. The molecule has 29 heavy (non-hydrogen) atoms. The van der Waals surface area contributed by atoms with Crippen molar-refractivity contribution in [3.8, 4) is 0 Å². The Morgan fingerprint density at radius 3 is 2.45 bits per heavy atom. The van der Waals surface area contributed by atoms with Crippen LogP contribution in [0.2, 0.25) is 0 Å². The number of quaternary nitrogens is 1. The van der Waals surface area contributed by atoms with E-state index in [0.717, 1.165) is 29.7 Å². The molecular formula is C21H25BrN3O3S+. The molecule has 2 heterocycles. The second-order valence-corrected chi connectivity index (χ2v) is 10.5. The monoisotopic (exact) mass is 478 g/mol. The van der Waals surface area contributed by atoms with E-state index >= 15 is 0 Å². The van der Waals surface area contributed by atoms with E-state index in [1.54, 1.807) is 15.3 Å². The van der Waals surface area contributed by atoms with Gasteiger partial charge in [0.2, 0.25) is 15.9 Å². The average Bonchev–Trinajstić information content (AvgIpc) is 3.12. The number of nitrogens with zero attached hydrogens (tertiary/aromatic N) is 2. The number of hydrogen-bond donors (Lipinski definition) is 1. The first-order valence-corrected chi connectivity index (χ1v) is 12.1. The fourth-order valence-corrected chi connectivity index (χ4v) is 6.58. The van der Waals surface area contributed by atoms with Crippen LogP contribution in [0.15, 0.2) is 51.8 Å². The molecule has 0 spiro atoms. The predicted molar refractivity (Wildman–Crippen MR) is 115 cm³/mol. The van der Waals surface area contributed by atoms with Gasteiger partial charge in [-0.15, -0.1) is 0 Å². The van der Waals surface area contributed by atoms with Gasteiger partial charge in [0, 0.05) is 23.5 Å². The number of piperazine rings is 1. The molecule has 6 nitrogen and oxygen atoms in total. The fourth-order valence-electron chi connectivity index (χ4n) is 4.22. The lowest BCUT2D eigenvalue weighted by Crippen LogP contribution is -3.13. The molecule has 1 amide bonds. The molecule has 0 radical (unpaired) electrons. The topological polar surface area (TPSA) is 62.1 Å². The molecule has 1 saturated heterocycles. The van der Waals surface area contributed by atoms with Crippen LogP contribution in [0.4, 0.5) is 5.69 Å². The van der Waals surface area contributed by atoms with E-state index in [1.807, 2.05) is 24.3 Å². The molecule has 8 heteroatoms. The first kappa shape index (κ1) is 20.5. The molecule has 1 fully saturated rings. The molecule has 0 aliphatic carbocycles. The van der Waals surface area contributed by atoms with E-state index < -0.39 is 10.0 Å². The first-order valence-electron chi connectivity index (χ1n) is 9.84. The molecule has 4 rings (SSSR count). The van der Waals surface area contributed by atoms with Gasteiger partial charge in [-0.2, -0.15) is 4.31 Å². The highest BCUT2D eigenvalue weighted by Crippen LogP contribution is 2.38. The van der Waals surface area contributed by atoms with Crippen molar-refractivity contribution in [2.24, 2.45) is 0 Å². The number of carbonyl (C=O) groups is 1. The quantitative estimate of drug-likeness (QED) is 0.723. The van der Waals surface area contributed by atoms with Gasteiger partial charge in [-0.1, -0.05) is 46.3 Å². The highest BCUT2D eigenvalue weighted by molar-refractivity contribution is 9.10. The molecule has 0 saturated carbocycles. The van der Waals surface area contributed by atoms with Crippen LogP contribution < -0.4 is 9.80 Å². The lowest BCUT2D eigenvalue weighted by atomic mass is 10.2. The Kier molecular flexibility index (Phi) is 5.79. The van der Waals surface area contributed by atoms with Crippen LogP contribution in [0.5, 0.6) is 0 Å². The highest BCUT2D eigenvalue weighted by atomic mass is 79.9. The minimum absolute atomic E-state index is 0.125. The normalized spacial score (nSPS) is 18.1. The van der Waals surface area contributed by atoms with Crippen LogP contribution in [0.1, 0.15) is 18.1 Å². The van der Waals surface area contributed by atoms with E-state index in [-0.39, 0.29) is 10.8 Å². The summed E-state index contributed by atoms with van der Waals surface area (Å²) in [5.74, 6) is -0.125. The third-order valence-corrected chi connectivity index (χ3v) is 8.09. The molecule has 1 N–H and O–H groups in total. The number of hydrogen-bond acceptors (Lipinski definition) is 3. The number of halogens is 1. The van der Waals surface area contributed by atoms with Gasteiger partial charge < -0.3 is 9.80 Å². The van der Waals surface area contributed by atoms with Crippen LogP contribution in [0.3, 0.4) is 0 Å². The number of fused-ring (bicyclic) bond motifs is 1. The molecule has 0 aromatic heterocycles. The van der Waals surface area contributed by atoms with Gasteiger partial charge in [-0.25, -0.2) is 8.42 Å². The Balaban J connectivity index is 1.55. The van der Waals surface area contributed by atoms with Crippen molar-refractivity contribution in [2.45, 2.75) is 24.8 Å². The van der Waals surface area contributed by atoms with Gasteiger partial charge >= 0.3 is 0 Å². The van der Waals surface area contributed by atoms with E-state index in [2.05, 4.69) is 28.1 Å². The molecule has 154 valence electrons. The Bertz CT molecular complexity index is 1020. The van der Waals surface area contributed by atoms with Gasteiger partial charge in [0.1, 0.15) is 11.4 Å². The fraction of sp³-hybridized carbons (Fsp3) is 0.381. The van der Waals surface area contributed by atoms with Crippen LogP contribution in [-0.4, -0.2) is 51.4 Å². The summed E-state index contributed by atoms with van der Waals surface area (Å²) in [6.45, 7) is 5.40. The number of rotatable bonds is 4. The van der Waals surface area contributed by atoms with Crippen LogP contribution >= 0.6 is 15.9 Å². The Morgan fingerprint density at radius 2 is 1.79 bits per heavy atom. The van der Waals surface area contributed by atoms with Crippen molar-refractivity contribution in [1.29, 1.82) is 0 Å². The smallest absolute Gasteiger partial charge is 0.245 e. The van der Waals surface area contributed by atoms with E-state index in [9.17, 15) is 13.2 Å². The number of amides is 1. The van der Waals surface area contributed by atoms with Crippen molar-refractivity contribution in [3.63, 3.8) is 0 Å². The van der Waals surface area contributed by atoms with Gasteiger partial charge in [-0.05, 0) is 24.1 Å². The van der Waals surface area contributed by atoms with Crippen molar-refractivity contribution in [3.05, 3.63) is 58.1 Å². The lowest BCUT2D eigenvalue weighted by molar-refractivity contribution is -0.917. The van der Waals surface area contributed by atoms with Crippen molar-refractivity contribution >= 4 is 37.5 Å². The summed E-state index contributed by atoms with van der Waals surface area (Å²) in [4.78, 5) is 15.3. The molecule has 2 aliphatic rings. The van der Waals surface area contributed by atoms with E-state index in [4.69, 9.17) is 0 Å². The van der Waals surface area contributed by atoms with E-state index in [0.29, 0.717) is 31.7 Å². The van der Waals surface area contributed by atoms with Gasteiger partial charge in [0.25, 0.3) is 0 Å². The summed E-state index contributed by atoms with van der Waals surface area (Å²) < 4.78 is 29.3. The molecule has 2 aromatic carbocycles. The van der Waals surface area contributed by atoms with Gasteiger partial charge in [0.05, 0.1) is 31.9 Å². The largest absolute Gasteiger partial charge is 0.329 e. The maximum Gasteiger partial charge on any atom is 0.245 e. The minimum atomic E-state index is -3.68. The summed E-state index contributed by atoms with van der Waals surface area (Å²) in [5.41, 5.74) is 2.72. The number of carbonyl (C=O) groups excluding carboxylic acids is 1. The van der Waals surface area contributed by atoms with Crippen LogP contribution in [-0.2, 0) is 27.8 Å². The van der Waals surface area contributed by atoms with Crippen LogP contribution in [0.25, 0.3) is 0 Å². The average molecular weight is 479 g/mol. The maximum absolute atomic E-state index is 13.5. The molecule has 2 aliphatic heterocycles. The third kappa shape index (κ3) is 4.12. The van der Waals surface area contributed by atoms with Gasteiger partial charge in [-0.3, -0.25) is 4.79 Å². The second kappa shape index (κ2) is 8.18. The summed E-state index contributed by atoms with van der Waals surface area (Å²) >= 11 is 3.45. The summed E-state index contributed by atoms with van der Waals surface area (Å²) in [6, 6.07) is 13.8. The Hall–Kier alpha value is -1.74. The highest BCUT2D eigenvalue weighted by Gasteiger charge is 2.36. The molecule has 0 atom stereocenters. The second-order valence-electron chi connectivity index (χ2n) is 7.65. The molecule has 0 bridgehead atoms. The Labute approximate surface area is 180 Å². The maximum atomic E-state index is 13.5. The van der Waals surface area contributed by atoms with Gasteiger partial charge in [0.15, 0.2) is 0 Å². The third-order valence-electron chi connectivity index (χ3n) is 5.72. The standard InChI is InChI=1S/C21H24BrN3O3S/c1-16(26)25-8-7-18-13-19(22)14-20(21(18)25)29(27,28)24-11-9-23(10-12-24)15-17-5-3-2-4-6-17/h2-6,13-14H,7-12,15H2,1H3/p+1. The minimum Gasteiger partial charge on any atom is -0.329 e. The Morgan fingerprint density at radius 1 is 1.10 bits per heavy atom. The number of sulfonamides is 1. The van der Waals surface area contributed by atoms with Crippen LogP contribution in [0, 0.1) is 0 Å². The summed E-state index contributed by atoms with van der Waals surface area (Å²) in [7, 11) is -3.68. The zero-order chi connectivity index (χ0) is 20.6. The molecule has 0 unspecified atom stereocenters.